The molecule has 0 spiro atoms. The Morgan fingerprint density at radius 1 is 0.920 bits per heavy atom. The molecule has 128 valence electrons. The minimum absolute atomic E-state index is 0.601. The maximum atomic E-state index is 5.08. The summed E-state index contributed by atoms with van der Waals surface area (Å²) in [4.78, 5) is 13.5. The number of hydrogen-bond donors (Lipinski definition) is 2. The van der Waals surface area contributed by atoms with Gasteiger partial charge in [0.25, 0.3) is 0 Å². The first-order valence-corrected chi connectivity index (χ1v) is 8.16. The van der Waals surface area contributed by atoms with Gasteiger partial charge in [0.2, 0.25) is 0 Å². The molecular weight excluding hydrogens is 314 g/mol. The predicted octanol–water partition coefficient (Wildman–Crippen LogP) is 3.21. The second-order valence-corrected chi connectivity index (χ2v) is 5.42. The van der Waals surface area contributed by atoms with Crippen LogP contribution in [0.15, 0.2) is 60.8 Å². The third-order valence-corrected chi connectivity index (χ3v) is 3.55. The lowest BCUT2D eigenvalue weighted by Gasteiger charge is -2.11. The summed E-state index contributed by atoms with van der Waals surface area (Å²) in [5, 5.41) is 6.58. The molecule has 3 aromatic rings. The second kappa shape index (κ2) is 8.75. The lowest BCUT2D eigenvalue weighted by atomic mass is 10.2. The van der Waals surface area contributed by atoms with Crippen LogP contribution in [0.5, 0.6) is 0 Å². The van der Waals surface area contributed by atoms with Crippen LogP contribution < -0.4 is 10.6 Å². The van der Waals surface area contributed by atoms with Gasteiger partial charge in [-0.15, -0.1) is 0 Å². The minimum Gasteiger partial charge on any atom is -0.383 e. The monoisotopic (exact) mass is 335 g/mol. The molecular formula is C19H21N5O. The van der Waals surface area contributed by atoms with Crippen molar-refractivity contribution in [3.8, 4) is 11.4 Å². The first-order chi connectivity index (χ1) is 12.3. The molecule has 2 N–H and O–H groups in total. The summed E-state index contributed by atoms with van der Waals surface area (Å²) in [6.45, 7) is 1.90. The van der Waals surface area contributed by atoms with Crippen LogP contribution in [0.25, 0.3) is 11.4 Å². The van der Waals surface area contributed by atoms with Gasteiger partial charge in [-0.25, -0.2) is 9.97 Å². The Kier molecular flexibility index (Phi) is 5.90. The SMILES string of the molecule is COCCNc1cc(NCc2ccccn2)nc(-c2ccccc2)n1. The van der Waals surface area contributed by atoms with E-state index >= 15 is 0 Å². The smallest absolute Gasteiger partial charge is 0.163 e. The number of benzene rings is 1. The molecule has 0 amide bonds. The fourth-order valence-electron chi connectivity index (χ4n) is 2.31. The maximum Gasteiger partial charge on any atom is 0.163 e. The number of pyridine rings is 1. The molecule has 0 aliphatic heterocycles. The highest BCUT2D eigenvalue weighted by molar-refractivity contribution is 5.61. The van der Waals surface area contributed by atoms with E-state index in [1.807, 2.05) is 54.6 Å². The largest absolute Gasteiger partial charge is 0.383 e. The van der Waals surface area contributed by atoms with Gasteiger partial charge in [0.15, 0.2) is 5.82 Å². The van der Waals surface area contributed by atoms with Gasteiger partial charge in [-0.2, -0.15) is 0 Å². The third-order valence-electron chi connectivity index (χ3n) is 3.55. The van der Waals surface area contributed by atoms with Crippen molar-refractivity contribution in [3.05, 3.63) is 66.5 Å². The van der Waals surface area contributed by atoms with Gasteiger partial charge in [-0.05, 0) is 12.1 Å². The Balaban J connectivity index is 1.81. The quantitative estimate of drug-likeness (QED) is 0.616. The maximum absolute atomic E-state index is 5.08. The van der Waals surface area contributed by atoms with Crippen molar-refractivity contribution in [2.24, 2.45) is 0 Å². The summed E-state index contributed by atoms with van der Waals surface area (Å²) in [6, 6.07) is 17.7. The first-order valence-electron chi connectivity index (χ1n) is 8.16. The molecule has 1 aromatic carbocycles. The Morgan fingerprint density at radius 3 is 2.40 bits per heavy atom. The van der Waals surface area contributed by atoms with E-state index in [1.54, 1.807) is 13.3 Å². The van der Waals surface area contributed by atoms with Gasteiger partial charge in [-0.3, -0.25) is 4.98 Å². The van der Waals surface area contributed by atoms with Crippen LogP contribution in [0.1, 0.15) is 5.69 Å². The highest BCUT2D eigenvalue weighted by Crippen LogP contribution is 2.20. The van der Waals surface area contributed by atoms with E-state index in [1.165, 1.54) is 0 Å². The van der Waals surface area contributed by atoms with Crippen molar-refractivity contribution in [1.82, 2.24) is 15.0 Å². The highest BCUT2D eigenvalue weighted by atomic mass is 16.5. The molecule has 0 radical (unpaired) electrons. The normalized spacial score (nSPS) is 10.4. The van der Waals surface area contributed by atoms with Crippen molar-refractivity contribution in [2.75, 3.05) is 30.9 Å². The van der Waals surface area contributed by atoms with Crippen LogP contribution in [0.3, 0.4) is 0 Å². The Labute approximate surface area is 147 Å². The Morgan fingerprint density at radius 2 is 1.68 bits per heavy atom. The molecule has 6 nitrogen and oxygen atoms in total. The lowest BCUT2D eigenvalue weighted by Crippen LogP contribution is -2.11. The van der Waals surface area contributed by atoms with Crippen molar-refractivity contribution in [3.63, 3.8) is 0 Å². The van der Waals surface area contributed by atoms with E-state index in [4.69, 9.17) is 4.74 Å². The molecule has 2 heterocycles. The van der Waals surface area contributed by atoms with Crippen molar-refractivity contribution in [2.45, 2.75) is 6.54 Å². The number of hydrogen-bond acceptors (Lipinski definition) is 6. The summed E-state index contributed by atoms with van der Waals surface area (Å²) >= 11 is 0. The van der Waals surface area contributed by atoms with Gasteiger partial charge >= 0.3 is 0 Å². The molecule has 25 heavy (non-hydrogen) atoms. The average Bonchev–Trinajstić information content (AvgIpc) is 2.68. The van der Waals surface area contributed by atoms with Crippen LogP contribution in [0, 0.1) is 0 Å². The van der Waals surface area contributed by atoms with Gasteiger partial charge in [0.05, 0.1) is 18.8 Å². The van der Waals surface area contributed by atoms with Gasteiger partial charge in [0, 0.05) is 31.5 Å². The summed E-state index contributed by atoms with van der Waals surface area (Å²) in [6.07, 6.45) is 1.78. The van der Waals surface area contributed by atoms with E-state index in [9.17, 15) is 0 Å². The number of ether oxygens (including phenoxy) is 1. The summed E-state index contributed by atoms with van der Waals surface area (Å²) < 4.78 is 5.08. The second-order valence-electron chi connectivity index (χ2n) is 5.42. The number of methoxy groups -OCH3 is 1. The van der Waals surface area contributed by atoms with Gasteiger partial charge in [0.1, 0.15) is 11.6 Å². The average molecular weight is 335 g/mol. The number of nitrogens with zero attached hydrogens (tertiary/aromatic N) is 3. The Hall–Kier alpha value is -2.99. The number of rotatable bonds is 8. The van der Waals surface area contributed by atoms with Crippen molar-refractivity contribution in [1.29, 1.82) is 0 Å². The Bertz CT molecular complexity index is 780. The zero-order valence-electron chi connectivity index (χ0n) is 14.1. The number of nitrogens with one attached hydrogen (secondary N) is 2. The number of anilines is 2. The van der Waals surface area contributed by atoms with E-state index in [0.717, 1.165) is 22.9 Å². The summed E-state index contributed by atoms with van der Waals surface area (Å²) in [5.41, 5.74) is 1.93. The minimum atomic E-state index is 0.601. The molecule has 0 saturated heterocycles. The molecule has 0 fully saturated rings. The summed E-state index contributed by atoms with van der Waals surface area (Å²) in [7, 11) is 1.68. The molecule has 0 aliphatic carbocycles. The molecule has 0 aliphatic rings. The fourth-order valence-corrected chi connectivity index (χ4v) is 2.31. The van der Waals surface area contributed by atoms with Crippen LogP contribution in [-0.2, 0) is 11.3 Å². The lowest BCUT2D eigenvalue weighted by molar-refractivity contribution is 0.210. The topological polar surface area (TPSA) is 72.0 Å². The van der Waals surface area contributed by atoms with E-state index in [0.29, 0.717) is 25.5 Å². The van der Waals surface area contributed by atoms with Crippen LogP contribution in [-0.4, -0.2) is 35.2 Å². The summed E-state index contributed by atoms with van der Waals surface area (Å²) in [5.74, 6) is 2.18. The third kappa shape index (κ3) is 4.99. The van der Waals surface area contributed by atoms with Crippen LogP contribution in [0.4, 0.5) is 11.6 Å². The van der Waals surface area contributed by atoms with E-state index < -0.39 is 0 Å². The molecule has 0 unspecified atom stereocenters. The highest BCUT2D eigenvalue weighted by Gasteiger charge is 2.07. The number of aromatic nitrogens is 3. The molecule has 0 bridgehead atoms. The molecule has 0 atom stereocenters. The molecule has 6 heteroatoms. The van der Waals surface area contributed by atoms with Gasteiger partial charge < -0.3 is 15.4 Å². The predicted molar refractivity (Wildman–Crippen MR) is 99.4 cm³/mol. The molecule has 0 saturated carbocycles. The van der Waals surface area contributed by atoms with E-state index in [-0.39, 0.29) is 0 Å². The standard InChI is InChI=1S/C19H21N5O/c1-25-12-11-21-17-13-18(22-14-16-9-5-6-10-20-16)24-19(23-17)15-7-3-2-4-8-15/h2-10,13H,11-12,14H2,1H3,(H2,21,22,23,24). The van der Waals surface area contributed by atoms with Crippen molar-refractivity contribution >= 4 is 11.6 Å². The van der Waals surface area contributed by atoms with Crippen LogP contribution >= 0.6 is 0 Å². The van der Waals surface area contributed by atoms with Crippen molar-refractivity contribution < 1.29 is 4.74 Å². The molecule has 2 aromatic heterocycles. The van der Waals surface area contributed by atoms with Crippen LogP contribution in [0.2, 0.25) is 0 Å². The zero-order valence-corrected chi connectivity index (χ0v) is 14.1. The fraction of sp³-hybridized carbons (Fsp3) is 0.211. The zero-order chi connectivity index (χ0) is 17.3. The van der Waals surface area contributed by atoms with Gasteiger partial charge in [-0.1, -0.05) is 36.4 Å². The van der Waals surface area contributed by atoms with E-state index in [2.05, 4.69) is 25.6 Å². The molecule has 3 rings (SSSR count). The first kappa shape index (κ1) is 16.9.